The van der Waals surface area contributed by atoms with E-state index in [0.29, 0.717) is 23.0 Å². The zero-order chi connectivity index (χ0) is 21.8. The van der Waals surface area contributed by atoms with Gasteiger partial charge in [0.05, 0.1) is 20.6 Å². The molecule has 0 aliphatic carbocycles. The van der Waals surface area contributed by atoms with Gasteiger partial charge in [-0.1, -0.05) is 66.2 Å². The van der Waals surface area contributed by atoms with Crippen LogP contribution in [-0.4, -0.2) is 0 Å². The summed E-state index contributed by atoms with van der Waals surface area (Å²) in [5, 5.41) is 12.7. The van der Waals surface area contributed by atoms with Gasteiger partial charge in [0, 0.05) is 10.6 Å². The SMILES string of the molecule is N#C/C(=C/c1cc(Br)c(OCc2ccccc2Cl)c(Br)c1)c1ccc2ccccc2c1. The lowest BCUT2D eigenvalue weighted by molar-refractivity contribution is 0.302. The van der Waals surface area contributed by atoms with E-state index in [1.165, 1.54) is 0 Å². The van der Waals surface area contributed by atoms with E-state index in [2.05, 4.69) is 44.0 Å². The van der Waals surface area contributed by atoms with Crippen molar-refractivity contribution < 1.29 is 4.74 Å². The Balaban J connectivity index is 1.62. The lowest BCUT2D eigenvalue weighted by atomic mass is 10.0. The maximum atomic E-state index is 9.76. The van der Waals surface area contributed by atoms with Gasteiger partial charge >= 0.3 is 0 Å². The number of halogens is 3. The van der Waals surface area contributed by atoms with E-state index in [1.54, 1.807) is 0 Å². The summed E-state index contributed by atoms with van der Waals surface area (Å²) < 4.78 is 7.57. The fourth-order valence-corrected chi connectivity index (χ4v) is 4.91. The fraction of sp³-hybridized carbons (Fsp3) is 0.0385. The first kappa shape index (κ1) is 21.6. The van der Waals surface area contributed by atoms with Gasteiger partial charge in [0.2, 0.25) is 0 Å². The van der Waals surface area contributed by atoms with E-state index in [0.717, 1.165) is 36.4 Å². The highest BCUT2D eigenvalue weighted by molar-refractivity contribution is 9.11. The summed E-state index contributed by atoms with van der Waals surface area (Å²) in [5.74, 6) is 0.682. The molecule has 0 aromatic heterocycles. The normalized spacial score (nSPS) is 11.4. The van der Waals surface area contributed by atoms with Crippen LogP contribution in [0.25, 0.3) is 22.4 Å². The molecule has 0 bridgehead atoms. The zero-order valence-electron chi connectivity index (χ0n) is 16.3. The molecule has 0 aliphatic heterocycles. The minimum Gasteiger partial charge on any atom is -0.486 e. The van der Waals surface area contributed by atoms with Gasteiger partial charge < -0.3 is 4.74 Å². The molecule has 0 amide bonds. The topological polar surface area (TPSA) is 33.0 Å². The molecule has 0 saturated heterocycles. The molecule has 31 heavy (non-hydrogen) atoms. The Morgan fingerprint density at radius 1 is 0.903 bits per heavy atom. The molecule has 0 saturated carbocycles. The quantitative estimate of drug-likeness (QED) is 0.183. The molecule has 0 fully saturated rings. The molecule has 5 heteroatoms. The van der Waals surface area contributed by atoms with Crippen LogP contribution >= 0.6 is 43.5 Å². The summed E-state index contributed by atoms with van der Waals surface area (Å²) in [7, 11) is 0. The van der Waals surface area contributed by atoms with Crippen molar-refractivity contribution in [3.63, 3.8) is 0 Å². The predicted molar refractivity (Wildman–Crippen MR) is 135 cm³/mol. The van der Waals surface area contributed by atoms with Crippen molar-refractivity contribution in [3.05, 3.63) is 110 Å². The van der Waals surface area contributed by atoms with Crippen LogP contribution in [0.2, 0.25) is 5.02 Å². The largest absolute Gasteiger partial charge is 0.486 e. The molecule has 0 atom stereocenters. The smallest absolute Gasteiger partial charge is 0.148 e. The van der Waals surface area contributed by atoms with Crippen molar-refractivity contribution in [2.45, 2.75) is 6.61 Å². The molecular weight excluding hydrogens is 538 g/mol. The summed E-state index contributed by atoms with van der Waals surface area (Å²) in [6, 6.07) is 27.9. The lowest BCUT2D eigenvalue weighted by Gasteiger charge is -2.12. The number of fused-ring (bicyclic) bond motifs is 1. The Kier molecular flexibility index (Phi) is 6.77. The van der Waals surface area contributed by atoms with Crippen molar-refractivity contribution in [1.29, 1.82) is 5.26 Å². The van der Waals surface area contributed by atoms with E-state index < -0.39 is 0 Å². The zero-order valence-corrected chi connectivity index (χ0v) is 20.2. The molecule has 2 nitrogen and oxygen atoms in total. The van der Waals surface area contributed by atoms with Crippen molar-refractivity contribution in [2.75, 3.05) is 0 Å². The molecule has 0 spiro atoms. The van der Waals surface area contributed by atoms with Crippen LogP contribution in [0.5, 0.6) is 5.75 Å². The minimum atomic E-state index is 0.354. The highest BCUT2D eigenvalue weighted by Crippen LogP contribution is 2.37. The standard InChI is InChI=1S/C26H16Br2ClNO/c27-23-12-17(13-24(28)26(23)31-16-21-7-3-4-8-25(21)29)11-22(15-30)20-10-9-18-5-1-2-6-19(18)14-20/h1-14H,16H2/b22-11-. The van der Waals surface area contributed by atoms with Gasteiger partial charge in [-0.3, -0.25) is 0 Å². The van der Waals surface area contributed by atoms with Crippen LogP contribution in [0.3, 0.4) is 0 Å². The third kappa shape index (κ3) is 5.02. The Bertz CT molecular complexity index is 1320. The summed E-state index contributed by atoms with van der Waals surface area (Å²) in [5.41, 5.74) is 3.27. The number of allylic oxidation sites excluding steroid dienone is 1. The van der Waals surface area contributed by atoms with Crippen molar-refractivity contribution in [3.8, 4) is 11.8 Å². The number of hydrogen-bond donors (Lipinski definition) is 0. The first-order valence-electron chi connectivity index (χ1n) is 9.51. The Morgan fingerprint density at radius 3 is 2.29 bits per heavy atom. The van der Waals surface area contributed by atoms with E-state index in [9.17, 15) is 5.26 Å². The molecule has 4 aromatic carbocycles. The van der Waals surface area contributed by atoms with E-state index >= 15 is 0 Å². The summed E-state index contributed by atoms with van der Waals surface area (Å²) in [6.45, 7) is 0.354. The molecule has 4 aromatic rings. The predicted octanol–water partition coefficient (Wildman–Crippen LogP) is 8.66. The van der Waals surface area contributed by atoms with Crippen LogP contribution in [0, 0.1) is 11.3 Å². The molecule has 4 rings (SSSR count). The molecule has 0 aliphatic rings. The lowest BCUT2D eigenvalue weighted by Crippen LogP contribution is -1.98. The number of rotatable bonds is 5. The second-order valence-electron chi connectivity index (χ2n) is 6.93. The average molecular weight is 554 g/mol. The highest BCUT2D eigenvalue weighted by Gasteiger charge is 2.11. The molecule has 0 unspecified atom stereocenters. The molecule has 0 heterocycles. The van der Waals surface area contributed by atoms with Gasteiger partial charge in [0.25, 0.3) is 0 Å². The highest BCUT2D eigenvalue weighted by atomic mass is 79.9. The van der Waals surface area contributed by atoms with Crippen LogP contribution < -0.4 is 4.74 Å². The van der Waals surface area contributed by atoms with Gasteiger partial charge in [-0.2, -0.15) is 5.26 Å². The molecule has 152 valence electrons. The number of hydrogen-bond acceptors (Lipinski definition) is 2. The summed E-state index contributed by atoms with van der Waals surface area (Å²) in [6.07, 6.45) is 1.87. The van der Waals surface area contributed by atoms with Crippen molar-refractivity contribution in [1.82, 2.24) is 0 Å². The first-order valence-corrected chi connectivity index (χ1v) is 11.5. The minimum absolute atomic E-state index is 0.354. The fourth-order valence-electron chi connectivity index (χ4n) is 3.27. The number of ether oxygens (including phenoxy) is 1. The third-order valence-electron chi connectivity index (χ3n) is 4.84. The number of nitriles is 1. The first-order chi connectivity index (χ1) is 15.0. The maximum Gasteiger partial charge on any atom is 0.148 e. The van der Waals surface area contributed by atoms with Gasteiger partial charge in [-0.25, -0.2) is 0 Å². The van der Waals surface area contributed by atoms with Gasteiger partial charge in [-0.15, -0.1) is 0 Å². The second-order valence-corrected chi connectivity index (χ2v) is 9.04. The van der Waals surface area contributed by atoms with Crippen LogP contribution in [-0.2, 0) is 6.61 Å². The second kappa shape index (κ2) is 9.70. The summed E-state index contributed by atoms with van der Waals surface area (Å²) >= 11 is 13.4. The number of nitrogens with zero attached hydrogens (tertiary/aromatic N) is 1. The van der Waals surface area contributed by atoms with Crippen LogP contribution in [0.15, 0.2) is 87.8 Å². The van der Waals surface area contributed by atoms with E-state index in [-0.39, 0.29) is 0 Å². The van der Waals surface area contributed by atoms with Gasteiger partial charge in [0.1, 0.15) is 12.4 Å². The Hall–Kier alpha value is -2.58. The van der Waals surface area contributed by atoms with Crippen LogP contribution in [0.1, 0.15) is 16.7 Å². The molecule has 0 radical (unpaired) electrons. The monoisotopic (exact) mass is 551 g/mol. The molecular formula is C26H16Br2ClNO. The van der Waals surface area contributed by atoms with E-state index in [1.807, 2.05) is 78.9 Å². The van der Waals surface area contributed by atoms with Crippen molar-refractivity contribution >= 4 is 65.9 Å². The number of benzene rings is 4. The Labute approximate surface area is 203 Å². The van der Waals surface area contributed by atoms with Crippen LogP contribution in [0.4, 0.5) is 0 Å². The average Bonchev–Trinajstić information content (AvgIpc) is 2.77. The Morgan fingerprint density at radius 2 is 1.58 bits per heavy atom. The van der Waals surface area contributed by atoms with Gasteiger partial charge in [0.15, 0.2) is 0 Å². The maximum absolute atomic E-state index is 9.76. The summed E-state index contributed by atoms with van der Waals surface area (Å²) in [4.78, 5) is 0. The van der Waals surface area contributed by atoms with Crippen molar-refractivity contribution in [2.24, 2.45) is 0 Å². The van der Waals surface area contributed by atoms with Gasteiger partial charge in [-0.05, 0) is 84.1 Å². The molecule has 0 N–H and O–H groups in total. The van der Waals surface area contributed by atoms with E-state index in [4.69, 9.17) is 16.3 Å². The third-order valence-corrected chi connectivity index (χ3v) is 6.39.